The van der Waals surface area contributed by atoms with E-state index in [4.69, 9.17) is 30.5 Å². The van der Waals surface area contributed by atoms with Crippen molar-refractivity contribution in [1.82, 2.24) is 0 Å². The number of carbonyl (C=O) groups is 1. The highest BCUT2D eigenvalue weighted by Crippen LogP contribution is 2.38. The standard InChI is InChI=1S/C34H31ClN2O5/c1-4-40-31-19-25(15-16-30(31)41-21-24-11-7-5-8-12-24)22-42-33-29(35)18-26(20-32(33)39-3)17-28-23(2)36-37(34(28)38)27-13-9-6-10-14-27/h5-20H,4,21-22H2,1-3H3/b28-17-. The molecule has 0 spiro atoms. The van der Waals surface area contributed by atoms with E-state index in [1.165, 1.54) is 5.01 Å². The first-order chi connectivity index (χ1) is 20.5. The number of rotatable bonds is 11. The largest absolute Gasteiger partial charge is 0.493 e. The maximum Gasteiger partial charge on any atom is 0.280 e. The Morgan fingerprint density at radius 1 is 0.810 bits per heavy atom. The van der Waals surface area contributed by atoms with Gasteiger partial charge in [0, 0.05) is 0 Å². The van der Waals surface area contributed by atoms with E-state index in [0.29, 0.717) is 63.8 Å². The van der Waals surface area contributed by atoms with Gasteiger partial charge in [0.25, 0.3) is 5.91 Å². The number of benzene rings is 4. The number of nitrogens with zero attached hydrogens (tertiary/aromatic N) is 2. The SMILES string of the molecule is CCOc1cc(COc2c(Cl)cc(/C=C3\C(=O)N(c4ccccc4)N=C3C)cc2OC)ccc1OCc1ccccc1. The Morgan fingerprint density at radius 2 is 1.52 bits per heavy atom. The molecule has 0 saturated heterocycles. The smallest absolute Gasteiger partial charge is 0.280 e. The van der Waals surface area contributed by atoms with E-state index in [9.17, 15) is 4.79 Å². The maximum absolute atomic E-state index is 13.1. The minimum Gasteiger partial charge on any atom is -0.493 e. The molecule has 0 N–H and O–H groups in total. The zero-order chi connectivity index (χ0) is 29.5. The summed E-state index contributed by atoms with van der Waals surface area (Å²) < 4.78 is 23.6. The van der Waals surface area contributed by atoms with Crippen LogP contribution in [0.15, 0.2) is 102 Å². The quantitative estimate of drug-likeness (QED) is 0.169. The molecule has 4 aromatic rings. The minimum atomic E-state index is -0.213. The fraction of sp³-hybridized carbons (Fsp3) is 0.176. The molecule has 42 heavy (non-hydrogen) atoms. The molecule has 1 heterocycles. The average molecular weight is 583 g/mol. The van der Waals surface area contributed by atoms with Gasteiger partial charge in [0.2, 0.25) is 0 Å². The van der Waals surface area contributed by atoms with E-state index in [1.54, 1.807) is 32.2 Å². The number of anilines is 1. The molecule has 1 aliphatic heterocycles. The molecule has 1 amide bonds. The van der Waals surface area contributed by atoms with Crippen molar-refractivity contribution in [3.05, 3.63) is 118 Å². The number of carbonyl (C=O) groups excluding carboxylic acids is 1. The van der Waals surface area contributed by atoms with Crippen LogP contribution in [0.1, 0.15) is 30.5 Å². The zero-order valence-electron chi connectivity index (χ0n) is 23.7. The first-order valence-electron chi connectivity index (χ1n) is 13.6. The fourth-order valence-corrected chi connectivity index (χ4v) is 4.75. The second-order valence-corrected chi connectivity index (χ2v) is 9.91. The molecular formula is C34H31ClN2O5. The summed E-state index contributed by atoms with van der Waals surface area (Å²) in [6, 6.07) is 28.5. The highest BCUT2D eigenvalue weighted by Gasteiger charge is 2.28. The van der Waals surface area contributed by atoms with Crippen molar-refractivity contribution in [2.45, 2.75) is 27.1 Å². The van der Waals surface area contributed by atoms with Gasteiger partial charge < -0.3 is 18.9 Å². The number of para-hydroxylation sites is 1. The van der Waals surface area contributed by atoms with Crippen LogP contribution in [-0.2, 0) is 18.0 Å². The fourth-order valence-electron chi connectivity index (χ4n) is 4.48. The van der Waals surface area contributed by atoms with Gasteiger partial charge in [-0.05, 0) is 73.0 Å². The van der Waals surface area contributed by atoms with Gasteiger partial charge in [-0.25, -0.2) is 0 Å². The van der Waals surface area contributed by atoms with E-state index in [-0.39, 0.29) is 12.5 Å². The molecule has 7 nitrogen and oxygen atoms in total. The third kappa shape index (κ3) is 6.58. The molecule has 0 aromatic heterocycles. The van der Waals surface area contributed by atoms with Crippen LogP contribution in [0.4, 0.5) is 5.69 Å². The summed E-state index contributed by atoms with van der Waals surface area (Å²) >= 11 is 6.66. The average Bonchev–Trinajstić information content (AvgIpc) is 3.29. The minimum absolute atomic E-state index is 0.213. The summed E-state index contributed by atoms with van der Waals surface area (Å²) in [6.45, 7) is 4.90. The van der Waals surface area contributed by atoms with E-state index in [1.807, 2.05) is 85.8 Å². The lowest BCUT2D eigenvalue weighted by Crippen LogP contribution is -2.21. The molecule has 0 radical (unpaired) electrons. The van der Waals surface area contributed by atoms with Crippen LogP contribution in [0.2, 0.25) is 5.02 Å². The number of methoxy groups -OCH3 is 1. The summed E-state index contributed by atoms with van der Waals surface area (Å²) in [4.78, 5) is 13.1. The van der Waals surface area contributed by atoms with E-state index in [0.717, 1.165) is 11.1 Å². The first kappa shape index (κ1) is 28.8. The van der Waals surface area contributed by atoms with Crippen LogP contribution in [0.5, 0.6) is 23.0 Å². The Bertz CT molecular complexity index is 1620. The molecule has 214 valence electrons. The van der Waals surface area contributed by atoms with Gasteiger partial charge in [-0.1, -0.05) is 66.2 Å². The maximum atomic E-state index is 13.1. The van der Waals surface area contributed by atoms with Crippen LogP contribution >= 0.6 is 11.6 Å². The van der Waals surface area contributed by atoms with E-state index in [2.05, 4.69) is 5.10 Å². The van der Waals surface area contributed by atoms with Crippen molar-refractivity contribution in [3.8, 4) is 23.0 Å². The van der Waals surface area contributed by atoms with Crippen LogP contribution in [0, 0.1) is 0 Å². The van der Waals surface area contributed by atoms with Gasteiger partial charge in [0.1, 0.15) is 13.2 Å². The van der Waals surface area contributed by atoms with Gasteiger partial charge >= 0.3 is 0 Å². The number of ether oxygens (including phenoxy) is 4. The molecule has 0 atom stereocenters. The van der Waals surface area contributed by atoms with Crippen molar-refractivity contribution in [2.75, 3.05) is 18.7 Å². The molecule has 0 fully saturated rings. The molecule has 0 aliphatic carbocycles. The van der Waals surface area contributed by atoms with Crippen molar-refractivity contribution < 1.29 is 23.7 Å². The van der Waals surface area contributed by atoms with Gasteiger partial charge in [0.15, 0.2) is 23.0 Å². The topological polar surface area (TPSA) is 69.6 Å². The predicted molar refractivity (Wildman–Crippen MR) is 166 cm³/mol. The van der Waals surface area contributed by atoms with Gasteiger partial charge in [-0.15, -0.1) is 0 Å². The molecule has 5 rings (SSSR count). The highest BCUT2D eigenvalue weighted by molar-refractivity contribution is 6.33. The molecule has 8 heteroatoms. The van der Waals surface area contributed by atoms with E-state index >= 15 is 0 Å². The zero-order valence-corrected chi connectivity index (χ0v) is 24.4. The molecular weight excluding hydrogens is 552 g/mol. The van der Waals surface area contributed by atoms with Crippen molar-refractivity contribution in [1.29, 1.82) is 0 Å². The highest BCUT2D eigenvalue weighted by atomic mass is 35.5. The van der Waals surface area contributed by atoms with E-state index < -0.39 is 0 Å². The van der Waals surface area contributed by atoms with Crippen molar-refractivity contribution >= 4 is 35.0 Å². The normalized spacial score (nSPS) is 13.7. The summed E-state index contributed by atoms with van der Waals surface area (Å²) in [6.07, 6.45) is 1.75. The molecule has 0 bridgehead atoms. The summed E-state index contributed by atoms with van der Waals surface area (Å²) in [7, 11) is 1.55. The van der Waals surface area contributed by atoms with Crippen molar-refractivity contribution in [2.24, 2.45) is 5.10 Å². The summed E-state index contributed by atoms with van der Waals surface area (Å²) in [5.41, 5.74) is 4.42. The summed E-state index contributed by atoms with van der Waals surface area (Å²) in [5.74, 6) is 1.93. The lowest BCUT2D eigenvalue weighted by Gasteiger charge is -2.16. The molecule has 0 unspecified atom stereocenters. The molecule has 4 aromatic carbocycles. The Labute approximate surface area is 250 Å². The lowest BCUT2D eigenvalue weighted by molar-refractivity contribution is -0.114. The van der Waals surface area contributed by atoms with Crippen LogP contribution in [-0.4, -0.2) is 25.3 Å². The first-order valence-corrected chi connectivity index (χ1v) is 13.9. The van der Waals surface area contributed by atoms with Crippen LogP contribution in [0.3, 0.4) is 0 Å². The number of halogens is 1. The number of hydrogen-bond acceptors (Lipinski definition) is 6. The van der Waals surface area contributed by atoms with Gasteiger partial charge in [0.05, 0.1) is 35.7 Å². The monoisotopic (exact) mass is 582 g/mol. The summed E-state index contributed by atoms with van der Waals surface area (Å²) in [5, 5.41) is 6.19. The second kappa shape index (κ2) is 13.3. The Hall–Kier alpha value is -4.75. The number of hydrazone groups is 1. The van der Waals surface area contributed by atoms with Crippen molar-refractivity contribution in [3.63, 3.8) is 0 Å². The molecule has 1 aliphatic rings. The number of hydrogen-bond donors (Lipinski definition) is 0. The second-order valence-electron chi connectivity index (χ2n) is 9.51. The number of amides is 1. The van der Waals surface area contributed by atoms with Gasteiger partial charge in [-0.3, -0.25) is 4.79 Å². The lowest BCUT2D eigenvalue weighted by atomic mass is 10.1. The Morgan fingerprint density at radius 3 is 2.24 bits per heavy atom. The Kier molecular flexibility index (Phi) is 9.09. The third-order valence-corrected chi connectivity index (χ3v) is 6.84. The molecule has 0 saturated carbocycles. The van der Waals surface area contributed by atoms with Crippen LogP contribution in [0.25, 0.3) is 6.08 Å². The van der Waals surface area contributed by atoms with Gasteiger partial charge in [-0.2, -0.15) is 10.1 Å². The van der Waals surface area contributed by atoms with Crippen LogP contribution < -0.4 is 24.0 Å². The Balaban J connectivity index is 1.31. The third-order valence-electron chi connectivity index (χ3n) is 6.55. The predicted octanol–water partition coefficient (Wildman–Crippen LogP) is 7.71.